The van der Waals surface area contributed by atoms with E-state index in [1.165, 1.54) is 22.3 Å². The SMILES string of the molecule is [2H]c1c([2H])c2c3c(c([2H])c([2H])c([2H])c3c1[2H])C1(c3ccccc3-c3ccccc31)c1cc(N(c3ccc4c(c3)C(C)(C)c3ccccc3-4)c3ccc4c(c3)c3ccccc3n4-c3ccccc3)ccc1-2. The number of para-hydroxylation sites is 2. The van der Waals surface area contributed by atoms with Gasteiger partial charge in [-0.2, -0.15) is 0 Å². The highest BCUT2D eigenvalue weighted by Gasteiger charge is 2.50. The first-order valence-electron chi connectivity index (χ1n) is 25.0. The lowest BCUT2D eigenvalue weighted by molar-refractivity contribution is 0.660. The molecule has 300 valence electrons. The summed E-state index contributed by atoms with van der Waals surface area (Å²) < 4.78 is 58.9. The van der Waals surface area contributed by atoms with Gasteiger partial charge in [0.25, 0.3) is 0 Å². The highest BCUT2D eigenvalue weighted by atomic mass is 15.1. The van der Waals surface area contributed by atoms with Crippen LogP contribution in [0.15, 0.2) is 218 Å². The lowest BCUT2D eigenvalue weighted by atomic mass is 9.61. The molecule has 0 saturated carbocycles. The van der Waals surface area contributed by atoms with Crippen LogP contribution in [0.3, 0.4) is 0 Å². The largest absolute Gasteiger partial charge is 0.310 e. The van der Waals surface area contributed by atoms with E-state index in [9.17, 15) is 6.85 Å². The van der Waals surface area contributed by atoms with E-state index in [0.717, 1.165) is 72.4 Å². The molecule has 2 heteroatoms. The predicted molar refractivity (Wildman–Crippen MR) is 267 cm³/mol. The molecule has 0 saturated heterocycles. The van der Waals surface area contributed by atoms with E-state index in [-0.39, 0.29) is 47.1 Å². The van der Waals surface area contributed by atoms with E-state index < -0.39 is 5.41 Å². The van der Waals surface area contributed by atoms with Crippen molar-refractivity contribution in [2.24, 2.45) is 0 Å². The van der Waals surface area contributed by atoms with Crippen molar-refractivity contribution < 1.29 is 8.22 Å². The number of hydrogen-bond donors (Lipinski definition) is 0. The Morgan fingerprint density at radius 1 is 0.406 bits per heavy atom. The Morgan fingerprint density at radius 2 is 0.938 bits per heavy atom. The zero-order valence-electron chi connectivity index (χ0n) is 41.2. The molecule has 10 aromatic carbocycles. The fraction of sp³-hybridized carbons (Fsp3) is 0.0645. The van der Waals surface area contributed by atoms with Crippen LogP contribution >= 0.6 is 0 Å². The summed E-state index contributed by atoms with van der Waals surface area (Å²) in [5, 5.41) is 2.80. The van der Waals surface area contributed by atoms with Gasteiger partial charge in [-0.3, -0.25) is 0 Å². The first kappa shape index (κ1) is 30.2. The van der Waals surface area contributed by atoms with Gasteiger partial charge in [0.05, 0.1) is 24.7 Å². The molecule has 3 aliphatic rings. The molecule has 1 aromatic heterocycles. The van der Waals surface area contributed by atoms with Gasteiger partial charge in [0.2, 0.25) is 0 Å². The Kier molecular flexibility index (Phi) is 6.04. The minimum Gasteiger partial charge on any atom is -0.310 e. The molecule has 0 unspecified atom stereocenters. The van der Waals surface area contributed by atoms with Gasteiger partial charge in [-0.25, -0.2) is 0 Å². The quantitative estimate of drug-likeness (QED) is 0.172. The van der Waals surface area contributed by atoms with Crippen molar-refractivity contribution >= 4 is 49.6 Å². The zero-order valence-corrected chi connectivity index (χ0v) is 35.2. The third kappa shape index (κ3) is 4.54. The van der Waals surface area contributed by atoms with Gasteiger partial charge >= 0.3 is 0 Å². The highest BCUT2D eigenvalue weighted by Crippen LogP contribution is 2.62. The first-order chi connectivity index (χ1) is 34.0. The molecule has 14 rings (SSSR count). The maximum absolute atomic E-state index is 9.95. The molecular formula is C62H42N2. The summed E-state index contributed by atoms with van der Waals surface area (Å²) >= 11 is 0. The molecule has 0 bridgehead atoms. The molecule has 64 heavy (non-hydrogen) atoms. The number of nitrogens with zero attached hydrogens (tertiary/aromatic N) is 2. The molecular weight excluding hydrogens is 773 g/mol. The summed E-state index contributed by atoms with van der Waals surface area (Å²) in [6.45, 7) is 4.60. The minimum atomic E-state index is -1.19. The molecule has 0 atom stereocenters. The van der Waals surface area contributed by atoms with Gasteiger partial charge < -0.3 is 9.47 Å². The van der Waals surface area contributed by atoms with Crippen LogP contribution in [0.1, 0.15) is 55.5 Å². The van der Waals surface area contributed by atoms with Crippen LogP contribution in [-0.2, 0) is 10.8 Å². The molecule has 1 heterocycles. The standard InChI is InChI=1S/C62H42N2/c1-61(2)52-25-10-6-20-44(52)47-33-30-42(37-56(47)61)63(41-32-35-59-51(36-41)49-23-9-13-29-58(49)64(59)40-18-4-3-5-19-40)43-31-34-48-50-24-14-16-39-17-15-28-55(60(39)50)62(57(48)38-43)53-26-11-7-21-45(53)46-22-8-12-27-54(46)62/h3-38H,1-2H3/i14D,15D,16D,17D,24D,28D. The average Bonchev–Trinajstić information content (AvgIpc) is 3.96. The Balaban J connectivity index is 1.11. The van der Waals surface area contributed by atoms with Crippen LogP contribution in [0.5, 0.6) is 0 Å². The average molecular weight is 821 g/mol. The van der Waals surface area contributed by atoms with Crippen LogP contribution in [0.4, 0.5) is 17.1 Å². The predicted octanol–water partition coefficient (Wildman–Crippen LogP) is 16.1. The van der Waals surface area contributed by atoms with E-state index in [2.05, 4.69) is 175 Å². The molecule has 0 radical (unpaired) electrons. The Bertz CT molecular complexity index is 4080. The Hall–Kier alpha value is -7.94. The smallest absolute Gasteiger partial charge is 0.0726 e. The number of benzene rings is 10. The van der Waals surface area contributed by atoms with Crippen molar-refractivity contribution in [3.8, 4) is 39.1 Å². The van der Waals surface area contributed by atoms with E-state index in [1.54, 1.807) is 0 Å². The molecule has 0 aliphatic heterocycles. The van der Waals surface area contributed by atoms with E-state index in [1.807, 2.05) is 30.3 Å². The Morgan fingerprint density at radius 3 is 1.67 bits per heavy atom. The third-order valence-electron chi connectivity index (χ3n) is 14.5. The lowest BCUT2D eigenvalue weighted by Crippen LogP contribution is -2.32. The monoisotopic (exact) mass is 820 g/mol. The second kappa shape index (κ2) is 12.8. The number of fused-ring (bicyclic) bond motifs is 15. The fourth-order valence-electron chi connectivity index (χ4n) is 11.8. The van der Waals surface area contributed by atoms with Gasteiger partial charge in [0.15, 0.2) is 0 Å². The number of rotatable bonds is 4. The maximum Gasteiger partial charge on any atom is 0.0726 e. The summed E-state index contributed by atoms with van der Waals surface area (Å²) in [7, 11) is 0. The molecule has 0 fully saturated rings. The normalized spacial score (nSPS) is 15.7. The van der Waals surface area contributed by atoms with Crippen LogP contribution in [-0.4, -0.2) is 4.57 Å². The minimum absolute atomic E-state index is 0.115. The van der Waals surface area contributed by atoms with Gasteiger partial charge in [0, 0.05) is 38.9 Å². The summed E-state index contributed by atoms with van der Waals surface area (Å²) in [6, 6.07) is 62.8. The van der Waals surface area contributed by atoms with E-state index in [4.69, 9.17) is 1.37 Å². The van der Waals surface area contributed by atoms with E-state index in [0.29, 0.717) is 22.1 Å². The molecule has 3 aliphatic carbocycles. The van der Waals surface area contributed by atoms with Crippen LogP contribution in [0, 0.1) is 0 Å². The summed E-state index contributed by atoms with van der Waals surface area (Å²) in [6.07, 6.45) is 0. The number of hydrogen-bond acceptors (Lipinski definition) is 1. The summed E-state index contributed by atoms with van der Waals surface area (Å²) in [4.78, 5) is 2.33. The van der Waals surface area contributed by atoms with Crippen LogP contribution < -0.4 is 4.90 Å². The molecule has 0 amide bonds. The Labute approximate surface area is 381 Å². The molecule has 1 spiro atoms. The van der Waals surface area contributed by atoms with Crippen molar-refractivity contribution in [2.45, 2.75) is 24.7 Å². The molecule has 0 N–H and O–H groups in total. The molecule has 2 nitrogen and oxygen atoms in total. The van der Waals surface area contributed by atoms with Crippen molar-refractivity contribution in [1.82, 2.24) is 4.57 Å². The van der Waals surface area contributed by atoms with Crippen LogP contribution in [0.2, 0.25) is 0 Å². The van der Waals surface area contributed by atoms with Gasteiger partial charge in [-0.05, 0) is 138 Å². The van der Waals surface area contributed by atoms with Crippen molar-refractivity contribution in [3.05, 3.63) is 252 Å². The third-order valence-corrected chi connectivity index (χ3v) is 14.5. The highest BCUT2D eigenvalue weighted by molar-refractivity contribution is 6.11. The van der Waals surface area contributed by atoms with E-state index >= 15 is 0 Å². The maximum atomic E-state index is 9.95. The molecule has 11 aromatic rings. The number of anilines is 3. The lowest BCUT2D eigenvalue weighted by Gasteiger charge is -2.41. The van der Waals surface area contributed by atoms with Gasteiger partial charge in [-0.1, -0.05) is 171 Å². The second-order valence-electron chi connectivity index (χ2n) is 17.9. The van der Waals surface area contributed by atoms with Crippen molar-refractivity contribution in [2.75, 3.05) is 4.90 Å². The van der Waals surface area contributed by atoms with Crippen molar-refractivity contribution in [3.63, 3.8) is 0 Å². The summed E-state index contributed by atoms with van der Waals surface area (Å²) in [5.74, 6) is 0. The van der Waals surface area contributed by atoms with Gasteiger partial charge in [-0.15, -0.1) is 0 Å². The van der Waals surface area contributed by atoms with Crippen molar-refractivity contribution in [1.29, 1.82) is 0 Å². The fourth-order valence-corrected chi connectivity index (χ4v) is 11.8. The topological polar surface area (TPSA) is 8.17 Å². The second-order valence-corrected chi connectivity index (χ2v) is 17.9. The summed E-state index contributed by atoms with van der Waals surface area (Å²) in [5.41, 5.74) is 15.8. The zero-order chi connectivity index (χ0) is 47.5. The van der Waals surface area contributed by atoms with Gasteiger partial charge in [0.1, 0.15) is 0 Å². The van der Waals surface area contributed by atoms with Crippen LogP contribution in [0.25, 0.3) is 71.6 Å². The number of aromatic nitrogens is 1. The first-order valence-corrected chi connectivity index (χ1v) is 22.0.